The van der Waals surface area contributed by atoms with Gasteiger partial charge in [-0.2, -0.15) is 0 Å². The van der Waals surface area contributed by atoms with E-state index in [-0.39, 0.29) is 37.0 Å². The first-order valence-corrected chi connectivity index (χ1v) is 21.8. The smallest absolute Gasteiger partial charge is 0.330 e. The number of carbonyl (C=O) groups is 1. The van der Waals surface area contributed by atoms with Gasteiger partial charge in [0, 0.05) is 36.5 Å². The van der Waals surface area contributed by atoms with Gasteiger partial charge in [-0.05, 0) is 68.7 Å². The third-order valence-electron chi connectivity index (χ3n) is 9.70. The molecule has 1 fully saturated rings. The Morgan fingerprint density at radius 3 is 2.02 bits per heavy atom. The molecule has 1 aliphatic rings. The number of hydrogen-bond acceptors (Lipinski definition) is 12. The van der Waals surface area contributed by atoms with Crippen molar-refractivity contribution < 1.29 is 41.9 Å². The highest BCUT2D eigenvalue weighted by Crippen LogP contribution is 2.51. The average molecular weight is 856 g/mol. The number of benzene rings is 3. The third-order valence-corrected chi connectivity index (χ3v) is 12.8. The first kappa shape index (κ1) is 46.2. The number of nitrogens with one attached hydrogen (secondary N) is 1. The van der Waals surface area contributed by atoms with E-state index in [4.69, 9.17) is 32.7 Å². The maximum atomic E-state index is 17.2. The minimum Gasteiger partial charge on any atom is -0.497 e. The lowest BCUT2D eigenvalue weighted by Crippen LogP contribution is -2.41. The SMILES string of the molecule is CCC(=O)SCCOCCOP(O[C@@H]1[C@@H](COC(c2ccccc2)(c2ccc(OC)cc2)c2ccc(OC)cc2)OC(n2ccc(=O)[nH]c2=O)[C@@H]1F)N(C(C)C)C(C)C. The van der Waals surface area contributed by atoms with Crippen molar-refractivity contribution in [1.82, 2.24) is 14.2 Å². The second-order valence-electron chi connectivity index (χ2n) is 14.2. The number of H-pyrrole nitrogens is 1. The average Bonchev–Trinajstić information content (AvgIpc) is 3.54. The number of thioether (sulfide) groups is 1. The number of rotatable bonds is 22. The van der Waals surface area contributed by atoms with Crippen LogP contribution in [-0.2, 0) is 33.7 Å². The highest BCUT2D eigenvalue weighted by atomic mass is 32.2. The van der Waals surface area contributed by atoms with Crippen LogP contribution in [0, 0.1) is 0 Å². The molecule has 3 aromatic carbocycles. The van der Waals surface area contributed by atoms with Gasteiger partial charge in [0.2, 0.25) is 0 Å². The normalized spacial score (nSPS) is 18.8. The Labute approximate surface area is 350 Å². The second-order valence-corrected chi connectivity index (χ2v) is 16.8. The molecule has 13 nitrogen and oxygen atoms in total. The predicted octanol–water partition coefficient (Wildman–Crippen LogP) is 7.23. The molecule has 1 aliphatic heterocycles. The largest absolute Gasteiger partial charge is 0.497 e. The molecule has 59 heavy (non-hydrogen) atoms. The van der Waals surface area contributed by atoms with E-state index < -0.39 is 50.0 Å². The van der Waals surface area contributed by atoms with Crippen LogP contribution in [0.4, 0.5) is 4.39 Å². The molecule has 1 N–H and O–H groups in total. The Hall–Kier alpha value is -3.92. The minimum absolute atomic E-state index is 0.0675. The predicted molar refractivity (Wildman–Crippen MR) is 227 cm³/mol. The fraction of sp³-hybridized carbons (Fsp3) is 0.465. The minimum atomic E-state index is -1.94. The molecule has 0 spiro atoms. The van der Waals surface area contributed by atoms with Gasteiger partial charge in [0.1, 0.15) is 29.3 Å². The fourth-order valence-electron chi connectivity index (χ4n) is 6.91. The van der Waals surface area contributed by atoms with Gasteiger partial charge in [0.05, 0.1) is 40.6 Å². The number of halogens is 1. The van der Waals surface area contributed by atoms with Gasteiger partial charge in [-0.25, -0.2) is 13.9 Å². The van der Waals surface area contributed by atoms with Crippen LogP contribution >= 0.6 is 20.3 Å². The van der Waals surface area contributed by atoms with Crippen LogP contribution in [0.15, 0.2) is 101 Å². The third kappa shape index (κ3) is 11.5. The molecule has 5 rings (SSSR count). The van der Waals surface area contributed by atoms with Gasteiger partial charge in [0.15, 0.2) is 17.5 Å². The van der Waals surface area contributed by atoms with E-state index in [1.54, 1.807) is 14.2 Å². The number of alkyl halides is 1. The van der Waals surface area contributed by atoms with Gasteiger partial charge >= 0.3 is 5.69 Å². The molecule has 320 valence electrons. The first-order valence-electron chi connectivity index (χ1n) is 19.6. The molecule has 4 aromatic rings. The fourth-order valence-corrected chi connectivity index (χ4v) is 9.29. The van der Waals surface area contributed by atoms with Crippen LogP contribution < -0.4 is 20.7 Å². The molecule has 0 bridgehead atoms. The Kier molecular flexibility index (Phi) is 17.3. The number of aromatic nitrogens is 2. The van der Waals surface area contributed by atoms with Crippen molar-refractivity contribution in [3.8, 4) is 11.5 Å². The van der Waals surface area contributed by atoms with Crippen LogP contribution in [0.1, 0.15) is 64.0 Å². The van der Waals surface area contributed by atoms with Gasteiger partial charge in [0.25, 0.3) is 14.1 Å². The number of aromatic amines is 1. The zero-order valence-electron chi connectivity index (χ0n) is 34.6. The maximum absolute atomic E-state index is 17.2. The molecule has 1 aromatic heterocycles. The van der Waals surface area contributed by atoms with Crippen molar-refractivity contribution >= 4 is 25.4 Å². The molecular formula is C43H55FN3O10PS. The summed E-state index contributed by atoms with van der Waals surface area (Å²) in [6.45, 7) is 10.3. The molecule has 0 radical (unpaired) electrons. The van der Waals surface area contributed by atoms with E-state index >= 15 is 4.39 Å². The van der Waals surface area contributed by atoms with Gasteiger partial charge in [-0.3, -0.25) is 19.1 Å². The molecule has 0 saturated carbocycles. The van der Waals surface area contributed by atoms with Crippen molar-refractivity contribution in [3.63, 3.8) is 0 Å². The molecule has 0 amide bonds. The first-order chi connectivity index (χ1) is 28.4. The Morgan fingerprint density at radius 1 is 0.881 bits per heavy atom. The van der Waals surface area contributed by atoms with Crippen LogP contribution in [0.25, 0.3) is 0 Å². The zero-order chi connectivity index (χ0) is 42.5. The monoisotopic (exact) mass is 855 g/mol. The molecule has 2 heterocycles. The van der Waals surface area contributed by atoms with Crippen molar-refractivity contribution in [2.45, 2.75) is 83.3 Å². The van der Waals surface area contributed by atoms with Crippen molar-refractivity contribution in [2.75, 3.05) is 46.4 Å². The summed E-state index contributed by atoms with van der Waals surface area (Å²) in [5.41, 5.74) is -0.440. The summed E-state index contributed by atoms with van der Waals surface area (Å²) in [6, 6.07) is 25.7. The quantitative estimate of drug-likeness (QED) is 0.0485. The Morgan fingerprint density at radius 2 is 1.47 bits per heavy atom. The standard InChI is InChI=1S/C43H55FN3O10PS/c1-8-38(49)59-27-26-53-24-25-55-58(47(29(2)3)30(4)5)57-40-36(56-41(39(40)44)46-23-22-37(48)45-42(46)50)28-54-43(31-12-10-9-11-13-31,32-14-18-34(51-6)19-15-32)33-16-20-35(52-7)21-17-33/h9-23,29-30,36,39-41H,8,24-28H2,1-7H3,(H,45,48,50)/t36-,39-,40-,41?,58?/m1/s1. The van der Waals surface area contributed by atoms with Crippen LogP contribution in [-0.4, -0.2) is 96.2 Å². The summed E-state index contributed by atoms with van der Waals surface area (Å²) in [6.07, 6.45) is -4.11. The second kappa shape index (κ2) is 22.1. The van der Waals surface area contributed by atoms with Gasteiger partial charge in [-0.15, -0.1) is 0 Å². The van der Waals surface area contributed by atoms with Crippen LogP contribution in [0.3, 0.4) is 0 Å². The number of ether oxygens (including phenoxy) is 5. The molecule has 5 atom stereocenters. The number of hydrogen-bond donors (Lipinski definition) is 1. The highest BCUT2D eigenvalue weighted by Gasteiger charge is 2.51. The Bertz CT molecular complexity index is 1960. The number of carbonyl (C=O) groups excluding carboxylic acids is 1. The summed E-state index contributed by atoms with van der Waals surface area (Å²) in [5, 5.41) is 0.0980. The zero-order valence-corrected chi connectivity index (χ0v) is 36.3. The lowest BCUT2D eigenvalue weighted by Gasteiger charge is -2.39. The lowest BCUT2D eigenvalue weighted by atomic mass is 9.80. The number of nitrogens with zero attached hydrogens (tertiary/aromatic N) is 2. The highest BCUT2D eigenvalue weighted by molar-refractivity contribution is 8.13. The van der Waals surface area contributed by atoms with E-state index in [0.717, 1.165) is 27.3 Å². The van der Waals surface area contributed by atoms with Crippen molar-refractivity contribution in [2.24, 2.45) is 0 Å². The molecule has 1 saturated heterocycles. The van der Waals surface area contributed by atoms with Crippen LogP contribution in [0.5, 0.6) is 11.5 Å². The summed E-state index contributed by atoms with van der Waals surface area (Å²) >= 11 is 1.22. The lowest BCUT2D eigenvalue weighted by molar-refractivity contribution is -0.110. The van der Waals surface area contributed by atoms with E-state index in [9.17, 15) is 14.4 Å². The summed E-state index contributed by atoms with van der Waals surface area (Å²) in [7, 11) is 1.25. The van der Waals surface area contributed by atoms with Crippen LogP contribution in [0.2, 0.25) is 0 Å². The Balaban J connectivity index is 1.53. The van der Waals surface area contributed by atoms with Crippen molar-refractivity contribution in [3.05, 3.63) is 129 Å². The summed E-state index contributed by atoms with van der Waals surface area (Å²) in [5.74, 6) is 1.82. The van der Waals surface area contributed by atoms with E-state index in [1.165, 1.54) is 18.0 Å². The van der Waals surface area contributed by atoms with E-state index in [2.05, 4.69) is 4.98 Å². The van der Waals surface area contributed by atoms with Gasteiger partial charge < -0.3 is 32.7 Å². The van der Waals surface area contributed by atoms with E-state index in [1.807, 2.05) is 118 Å². The molecule has 2 unspecified atom stereocenters. The number of methoxy groups -OCH3 is 2. The molecular weight excluding hydrogens is 801 g/mol. The van der Waals surface area contributed by atoms with Crippen molar-refractivity contribution in [1.29, 1.82) is 0 Å². The molecule has 0 aliphatic carbocycles. The molecule has 16 heteroatoms. The maximum Gasteiger partial charge on any atom is 0.330 e. The summed E-state index contributed by atoms with van der Waals surface area (Å²) < 4.78 is 63.6. The van der Waals surface area contributed by atoms with E-state index in [0.29, 0.717) is 30.3 Å². The summed E-state index contributed by atoms with van der Waals surface area (Å²) in [4.78, 5) is 39.0. The topological polar surface area (TPSA) is 140 Å². The van der Waals surface area contributed by atoms with Gasteiger partial charge in [-0.1, -0.05) is 73.3 Å².